The maximum absolute atomic E-state index is 11.2. The third kappa shape index (κ3) is 3.21. The highest BCUT2D eigenvalue weighted by Gasteiger charge is 2.00. The van der Waals surface area contributed by atoms with Crippen molar-refractivity contribution in [2.24, 2.45) is 0 Å². The molecule has 6 heteroatoms. The van der Waals surface area contributed by atoms with Gasteiger partial charge in [0, 0.05) is 18.3 Å². The molecule has 1 rings (SSSR count). The number of halogens is 1. The molecule has 0 aromatic carbocycles. The molecule has 0 spiro atoms. The van der Waals surface area contributed by atoms with Gasteiger partial charge in [-0.2, -0.15) is 0 Å². The van der Waals surface area contributed by atoms with Gasteiger partial charge in [0.15, 0.2) is 0 Å². The summed E-state index contributed by atoms with van der Waals surface area (Å²) >= 11 is 5.64. The number of rotatable bonds is 3. The molecule has 0 atom stereocenters. The minimum absolute atomic E-state index is 0.143. The Labute approximate surface area is 90.6 Å². The molecule has 0 bridgehead atoms. The van der Waals surface area contributed by atoms with Gasteiger partial charge in [-0.1, -0.05) is 17.7 Å². The van der Waals surface area contributed by atoms with Crippen LogP contribution in [0.5, 0.6) is 0 Å². The first-order valence-electron chi connectivity index (χ1n) is 4.12. The molecule has 0 saturated heterocycles. The van der Waals surface area contributed by atoms with E-state index >= 15 is 0 Å². The van der Waals surface area contributed by atoms with Gasteiger partial charge in [-0.15, -0.1) is 0 Å². The third-order valence-corrected chi connectivity index (χ3v) is 1.95. The summed E-state index contributed by atoms with van der Waals surface area (Å²) in [5, 5.41) is 8.92. The summed E-state index contributed by atoms with van der Waals surface area (Å²) in [5.41, 5.74) is -0.296. The van der Waals surface area contributed by atoms with Gasteiger partial charge in [0.2, 0.25) is 0 Å². The van der Waals surface area contributed by atoms with Crippen LogP contribution in [0.15, 0.2) is 28.8 Å². The summed E-state index contributed by atoms with van der Waals surface area (Å²) in [5.74, 6) is -1.02. The average molecular weight is 229 g/mol. The standard InChI is InChI=1S/C9H9ClN2O3/c1-6(8(13)14)2-3-12-5-7(10)4-11-9(12)15/h2,4-5H,3H2,1H3,(H,13,14)/b6-2-. The topological polar surface area (TPSA) is 72.2 Å². The molecule has 80 valence electrons. The van der Waals surface area contributed by atoms with Crippen LogP contribution in [0.1, 0.15) is 6.92 Å². The molecular weight excluding hydrogens is 220 g/mol. The minimum Gasteiger partial charge on any atom is -0.478 e. The molecular formula is C9H9ClN2O3. The smallest absolute Gasteiger partial charge is 0.347 e. The van der Waals surface area contributed by atoms with Crippen LogP contribution in [0, 0.1) is 0 Å². The molecule has 0 radical (unpaired) electrons. The number of carboxylic acid groups (broad SMARTS) is 1. The number of carboxylic acids is 1. The van der Waals surface area contributed by atoms with Crippen LogP contribution < -0.4 is 5.69 Å². The van der Waals surface area contributed by atoms with Crippen LogP contribution in [0.2, 0.25) is 5.02 Å². The highest BCUT2D eigenvalue weighted by molar-refractivity contribution is 6.30. The molecule has 1 aromatic heterocycles. The average Bonchev–Trinajstić information content (AvgIpc) is 2.18. The van der Waals surface area contributed by atoms with Gasteiger partial charge < -0.3 is 5.11 Å². The molecule has 15 heavy (non-hydrogen) atoms. The van der Waals surface area contributed by atoms with Crippen LogP contribution in [-0.4, -0.2) is 20.6 Å². The van der Waals surface area contributed by atoms with E-state index < -0.39 is 11.7 Å². The van der Waals surface area contributed by atoms with E-state index in [2.05, 4.69) is 4.98 Å². The first-order chi connectivity index (χ1) is 7.00. The van der Waals surface area contributed by atoms with Crippen molar-refractivity contribution in [3.63, 3.8) is 0 Å². The van der Waals surface area contributed by atoms with Crippen LogP contribution in [-0.2, 0) is 11.3 Å². The van der Waals surface area contributed by atoms with E-state index in [-0.39, 0.29) is 12.1 Å². The highest BCUT2D eigenvalue weighted by atomic mass is 35.5. The molecule has 1 heterocycles. The molecule has 0 aliphatic heterocycles. The molecule has 0 aliphatic carbocycles. The van der Waals surface area contributed by atoms with E-state index in [0.717, 1.165) is 0 Å². The predicted molar refractivity (Wildman–Crippen MR) is 54.9 cm³/mol. The number of aromatic nitrogens is 2. The lowest BCUT2D eigenvalue weighted by atomic mass is 10.3. The number of allylic oxidation sites excluding steroid dienone is 1. The fourth-order valence-corrected chi connectivity index (χ4v) is 1.05. The first kappa shape index (κ1) is 11.5. The molecule has 5 nitrogen and oxygen atoms in total. The van der Waals surface area contributed by atoms with E-state index in [1.165, 1.54) is 30.0 Å². The quantitative estimate of drug-likeness (QED) is 0.781. The maximum Gasteiger partial charge on any atom is 0.347 e. The van der Waals surface area contributed by atoms with Crippen molar-refractivity contribution >= 4 is 17.6 Å². The Bertz CT molecular complexity index is 465. The lowest BCUT2D eigenvalue weighted by Gasteiger charge is -2.01. The van der Waals surface area contributed by atoms with Gasteiger partial charge >= 0.3 is 11.7 Å². The van der Waals surface area contributed by atoms with Crippen LogP contribution in [0.4, 0.5) is 0 Å². The number of nitrogens with zero attached hydrogens (tertiary/aromatic N) is 2. The molecule has 0 unspecified atom stereocenters. The summed E-state index contributed by atoms with van der Waals surface area (Å²) in [6.07, 6.45) is 4.07. The number of aliphatic carboxylic acids is 1. The largest absolute Gasteiger partial charge is 0.478 e. The monoisotopic (exact) mass is 228 g/mol. The Morgan fingerprint density at radius 2 is 2.40 bits per heavy atom. The lowest BCUT2D eigenvalue weighted by Crippen LogP contribution is -2.21. The molecule has 0 saturated carbocycles. The van der Waals surface area contributed by atoms with Gasteiger partial charge in [-0.25, -0.2) is 14.6 Å². The zero-order chi connectivity index (χ0) is 11.4. The van der Waals surface area contributed by atoms with Crippen LogP contribution >= 0.6 is 11.6 Å². The Morgan fingerprint density at radius 1 is 1.73 bits per heavy atom. The second-order valence-electron chi connectivity index (χ2n) is 2.90. The van der Waals surface area contributed by atoms with E-state index in [1.54, 1.807) is 0 Å². The Morgan fingerprint density at radius 3 is 3.00 bits per heavy atom. The van der Waals surface area contributed by atoms with E-state index in [9.17, 15) is 9.59 Å². The second kappa shape index (κ2) is 4.75. The molecule has 1 N–H and O–H groups in total. The summed E-state index contributed by atoms with van der Waals surface area (Å²) in [4.78, 5) is 25.1. The van der Waals surface area contributed by atoms with Crippen molar-refractivity contribution in [1.82, 2.24) is 9.55 Å². The van der Waals surface area contributed by atoms with Crippen molar-refractivity contribution < 1.29 is 9.90 Å². The Kier molecular flexibility index (Phi) is 3.62. The van der Waals surface area contributed by atoms with Crippen LogP contribution in [0.25, 0.3) is 0 Å². The third-order valence-electron chi connectivity index (χ3n) is 1.75. The van der Waals surface area contributed by atoms with Crippen LogP contribution in [0.3, 0.4) is 0 Å². The summed E-state index contributed by atoms with van der Waals surface area (Å²) in [6, 6.07) is 0. The Hall–Kier alpha value is -1.62. The van der Waals surface area contributed by atoms with Crippen molar-refractivity contribution in [2.75, 3.05) is 0 Å². The van der Waals surface area contributed by atoms with Crippen molar-refractivity contribution in [3.8, 4) is 0 Å². The number of hydrogen-bond donors (Lipinski definition) is 1. The molecule has 0 fully saturated rings. The van der Waals surface area contributed by atoms with Gasteiger partial charge in [0.1, 0.15) is 0 Å². The van der Waals surface area contributed by atoms with E-state index in [1.807, 2.05) is 0 Å². The van der Waals surface area contributed by atoms with Gasteiger partial charge in [-0.05, 0) is 6.92 Å². The normalized spacial score (nSPS) is 11.5. The lowest BCUT2D eigenvalue weighted by molar-refractivity contribution is -0.132. The second-order valence-corrected chi connectivity index (χ2v) is 3.34. The Balaban J connectivity index is 2.91. The van der Waals surface area contributed by atoms with E-state index in [0.29, 0.717) is 5.02 Å². The van der Waals surface area contributed by atoms with Crippen molar-refractivity contribution in [1.29, 1.82) is 0 Å². The highest BCUT2D eigenvalue weighted by Crippen LogP contribution is 2.02. The fraction of sp³-hybridized carbons (Fsp3) is 0.222. The van der Waals surface area contributed by atoms with E-state index in [4.69, 9.17) is 16.7 Å². The van der Waals surface area contributed by atoms with Crippen molar-refractivity contribution in [2.45, 2.75) is 13.5 Å². The zero-order valence-corrected chi connectivity index (χ0v) is 8.73. The number of carbonyl (C=O) groups is 1. The molecule has 1 aromatic rings. The molecule has 0 amide bonds. The minimum atomic E-state index is -1.02. The number of hydrogen-bond acceptors (Lipinski definition) is 3. The fourth-order valence-electron chi connectivity index (χ4n) is 0.882. The van der Waals surface area contributed by atoms with Gasteiger partial charge in [0.25, 0.3) is 0 Å². The summed E-state index contributed by atoms with van der Waals surface area (Å²) in [6.45, 7) is 1.59. The maximum atomic E-state index is 11.2. The van der Waals surface area contributed by atoms with Gasteiger partial charge in [-0.3, -0.25) is 4.57 Å². The summed E-state index contributed by atoms with van der Waals surface area (Å²) < 4.78 is 1.23. The first-order valence-corrected chi connectivity index (χ1v) is 4.50. The summed E-state index contributed by atoms with van der Waals surface area (Å²) in [7, 11) is 0. The van der Waals surface area contributed by atoms with Crippen molar-refractivity contribution in [3.05, 3.63) is 39.5 Å². The van der Waals surface area contributed by atoms with Gasteiger partial charge in [0.05, 0.1) is 11.2 Å². The predicted octanol–water partition coefficient (Wildman–Crippen LogP) is 0.928. The zero-order valence-electron chi connectivity index (χ0n) is 7.98. The molecule has 0 aliphatic rings. The SMILES string of the molecule is C/C(=C/Cn1cc(Cl)cnc1=O)C(=O)O.